The molecule has 0 N–H and O–H groups in total. The second kappa shape index (κ2) is 5.58. The van der Waals surface area contributed by atoms with Crippen LogP contribution in [0.5, 0.6) is 11.5 Å². The molecule has 3 rings (SSSR count). The molecule has 0 saturated carbocycles. The number of nitriles is 2. The Morgan fingerprint density at radius 2 is 1.88 bits per heavy atom. The Labute approximate surface area is 142 Å². The first-order valence-electron chi connectivity index (χ1n) is 6.78. The molecule has 0 atom stereocenters. The van der Waals surface area contributed by atoms with Crippen molar-refractivity contribution in [1.82, 2.24) is 4.31 Å². The van der Waals surface area contributed by atoms with Crippen molar-refractivity contribution in [3.63, 3.8) is 0 Å². The minimum absolute atomic E-state index is 0.00746. The second-order valence-electron chi connectivity index (χ2n) is 5.09. The fraction of sp³-hybridized carbons (Fsp3) is 0.0625. The fourth-order valence-electron chi connectivity index (χ4n) is 2.42. The Morgan fingerprint density at radius 1 is 1.16 bits per heavy atom. The quantitative estimate of drug-likeness (QED) is 0.814. The van der Waals surface area contributed by atoms with Crippen molar-refractivity contribution in [1.29, 1.82) is 10.5 Å². The lowest BCUT2D eigenvalue weighted by Gasteiger charge is -2.09. The zero-order valence-electron chi connectivity index (χ0n) is 12.6. The van der Waals surface area contributed by atoms with Gasteiger partial charge in [0.15, 0.2) is 0 Å². The van der Waals surface area contributed by atoms with Crippen molar-refractivity contribution in [2.45, 2.75) is 4.90 Å². The molecule has 0 aromatic heterocycles. The van der Waals surface area contributed by atoms with Gasteiger partial charge in [0.25, 0.3) is 15.9 Å². The van der Waals surface area contributed by atoms with E-state index >= 15 is 0 Å². The Kier molecular flexibility index (Phi) is 3.67. The first-order chi connectivity index (χ1) is 11.8. The van der Waals surface area contributed by atoms with Crippen LogP contribution in [0.1, 0.15) is 21.5 Å². The molecule has 2 aromatic rings. The highest BCUT2D eigenvalue weighted by Crippen LogP contribution is 2.37. The molecule has 0 fully saturated rings. The molecule has 7 nitrogen and oxygen atoms in total. The molecule has 124 valence electrons. The molecule has 1 aliphatic heterocycles. The summed E-state index contributed by atoms with van der Waals surface area (Å²) in [5.41, 5.74) is -0.564. The first-order valence-corrected chi connectivity index (χ1v) is 8.22. The number of fused-ring (bicyclic) bond motifs is 1. The van der Waals surface area contributed by atoms with Gasteiger partial charge in [-0.2, -0.15) is 10.5 Å². The SMILES string of the molecule is CN1C(=O)c2c(ccc(Oc3cc(F)cc(C#N)c3)c2C#N)S1(=O)=O. The van der Waals surface area contributed by atoms with E-state index in [2.05, 4.69) is 0 Å². The van der Waals surface area contributed by atoms with Gasteiger partial charge in [-0.1, -0.05) is 0 Å². The van der Waals surface area contributed by atoms with Gasteiger partial charge in [-0.3, -0.25) is 4.79 Å². The third kappa shape index (κ3) is 2.47. The van der Waals surface area contributed by atoms with E-state index in [9.17, 15) is 22.9 Å². The van der Waals surface area contributed by atoms with Gasteiger partial charge < -0.3 is 4.74 Å². The highest BCUT2D eigenvalue weighted by atomic mass is 32.2. The lowest BCUT2D eigenvalue weighted by Crippen LogP contribution is -2.25. The summed E-state index contributed by atoms with van der Waals surface area (Å²) in [6.45, 7) is 0. The predicted octanol–water partition coefficient (Wildman–Crippen LogP) is 2.14. The lowest BCUT2D eigenvalue weighted by atomic mass is 10.1. The maximum atomic E-state index is 13.5. The van der Waals surface area contributed by atoms with Crippen molar-refractivity contribution < 1.29 is 22.3 Å². The summed E-state index contributed by atoms with van der Waals surface area (Å²) in [6, 6.07) is 9.13. The average Bonchev–Trinajstić information content (AvgIpc) is 2.75. The minimum Gasteiger partial charge on any atom is -0.456 e. The molecule has 0 radical (unpaired) electrons. The van der Waals surface area contributed by atoms with Crippen LogP contribution in [0.25, 0.3) is 0 Å². The molecule has 25 heavy (non-hydrogen) atoms. The van der Waals surface area contributed by atoms with Gasteiger partial charge in [0, 0.05) is 13.1 Å². The molecule has 0 bridgehead atoms. The number of halogens is 1. The van der Waals surface area contributed by atoms with Gasteiger partial charge in [0.2, 0.25) is 0 Å². The van der Waals surface area contributed by atoms with Crippen LogP contribution in [0, 0.1) is 28.5 Å². The van der Waals surface area contributed by atoms with Crippen LogP contribution in [0.3, 0.4) is 0 Å². The maximum absolute atomic E-state index is 13.5. The molecular weight excluding hydrogens is 349 g/mol. The monoisotopic (exact) mass is 357 g/mol. The third-order valence-electron chi connectivity index (χ3n) is 3.61. The summed E-state index contributed by atoms with van der Waals surface area (Å²) in [5, 5.41) is 18.2. The zero-order valence-corrected chi connectivity index (χ0v) is 13.5. The van der Waals surface area contributed by atoms with Gasteiger partial charge in [-0.25, -0.2) is 17.1 Å². The molecule has 1 heterocycles. The lowest BCUT2D eigenvalue weighted by molar-refractivity contribution is 0.0891. The number of nitrogens with zero attached hydrogens (tertiary/aromatic N) is 3. The third-order valence-corrected chi connectivity index (χ3v) is 5.39. The first kappa shape index (κ1) is 16.4. The number of carbonyl (C=O) groups excluding carboxylic acids is 1. The van der Waals surface area contributed by atoms with E-state index in [0.29, 0.717) is 4.31 Å². The molecule has 1 amide bonds. The molecular formula is C16H8FN3O4S. The van der Waals surface area contributed by atoms with Crippen LogP contribution >= 0.6 is 0 Å². The molecule has 0 saturated heterocycles. The molecule has 1 aliphatic rings. The van der Waals surface area contributed by atoms with Gasteiger partial charge in [-0.15, -0.1) is 0 Å². The molecule has 0 spiro atoms. The van der Waals surface area contributed by atoms with Crippen LogP contribution in [-0.2, 0) is 10.0 Å². The highest BCUT2D eigenvalue weighted by Gasteiger charge is 2.41. The predicted molar refractivity (Wildman–Crippen MR) is 81.6 cm³/mol. The van der Waals surface area contributed by atoms with Crippen LogP contribution in [0.15, 0.2) is 35.2 Å². The number of carbonyl (C=O) groups is 1. The smallest absolute Gasteiger partial charge is 0.270 e. The van der Waals surface area contributed by atoms with Crippen molar-refractivity contribution in [2.24, 2.45) is 0 Å². The van der Waals surface area contributed by atoms with Crippen LogP contribution in [0.4, 0.5) is 4.39 Å². The van der Waals surface area contributed by atoms with E-state index in [0.717, 1.165) is 25.2 Å². The Morgan fingerprint density at radius 3 is 2.52 bits per heavy atom. The van der Waals surface area contributed by atoms with E-state index in [1.165, 1.54) is 12.1 Å². The second-order valence-corrected chi connectivity index (χ2v) is 7.03. The molecule has 0 unspecified atom stereocenters. The highest BCUT2D eigenvalue weighted by molar-refractivity contribution is 7.90. The van der Waals surface area contributed by atoms with Crippen molar-refractivity contribution in [2.75, 3.05) is 7.05 Å². The van der Waals surface area contributed by atoms with Gasteiger partial charge in [0.1, 0.15) is 33.8 Å². The Hall–Kier alpha value is -3.43. The number of ether oxygens (including phenoxy) is 1. The standard InChI is InChI=1S/C16H8FN3O4S/c1-20-16(21)15-12(8-19)13(2-3-14(15)25(20,22)23)24-11-5-9(7-18)4-10(17)6-11/h2-6H,1H3. The van der Waals surface area contributed by atoms with Crippen LogP contribution < -0.4 is 4.74 Å². The van der Waals surface area contributed by atoms with E-state index in [4.69, 9.17) is 10.00 Å². The maximum Gasteiger partial charge on any atom is 0.270 e. The summed E-state index contributed by atoms with van der Waals surface area (Å²) in [4.78, 5) is 11.9. The van der Waals surface area contributed by atoms with Gasteiger partial charge in [-0.05, 0) is 24.3 Å². The van der Waals surface area contributed by atoms with Crippen molar-refractivity contribution >= 4 is 15.9 Å². The molecule has 0 aliphatic carbocycles. The van der Waals surface area contributed by atoms with Crippen molar-refractivity contribution in [3.8, 4) is 23.6 Å². The number of rotatable bonds is 2. The summed E-state index contributed by atoms with van der Waals surface area (Å²) in [5.74, 6) is -1.75. The van der Waals surface area contributed by atoms with E-state index in [-0.39, 0.29) is 33.1 Å². The molecule has 9 heteroatoms. The van der Waals surface area contributed by atoms with Crippen LogP contribution in [-0.4, -0.2) is 25.7 Å². The van der Waals surface area contributed by atoms with Crippen LogP contribution in [0.2, 0.25) is 0 Å². The molecule has 2 aromatic carbocycles. The van der Waals surface area contributed by atoms with E-state index in [1.807, 2.05) is 0 Å². The number of benzene rings is 2. The topological polar surface area (TPSA) is 111 Å². The fourth-order valence-corrected chi connectivity index (χ4v) is 3.71. The minimum atomic E-state index is -4.00. The van der Waals surface area contributed by atoms with Crippen molar-refractivity contribution in [3.05, 3.63) is 52.8 Å². The number of amides is 1. The Bertz CT molecular complexity index is 1110. The summed E-state index contributed by atoms with van der Waals surface area (Å²) >= 11 is 0. The van der Waals surface area contributed by atoms with Gasteiger partial charge >= 0.3 is 0 Å². The summed E-state index contributed by atoms with van der Waals surface area (Å²) < 4.78 is 43.7. The zero-order chi connectivity index (χ0) is 18.4. The largest absolute Gasteiger partial charge is 0.456 e. The number of hydrogen-bond acceptors (Lipinski definition) is 6. The normalized spacial score (nSPS) is 14.6. The van der Waals surface area contributed by atoms with E-state index in [1.54, 1.807) is 12.1 Å². The summed E-state index contributed by atoms with van der Waals surface area (Å²) in [7, 11) is -2.91. The van der Waals surface area contributed by atoms with E-state index < -0.39 is 21.7 Å². The number of hydrogen-bond donors (Lipinski definition) is 0. The Balaban J connectivity index is 2.16. The van der Waals surface area contributed by atoms with Gasteiger partial charge in [0.05, 0.1) is 17.2 Å². The summed E-state index contributed by atoms with van der Waals surface area (Å²) in [6.07, 6.45) is 0. The average molecular weight is 357 g/mol. The number of sulfonamides is 1.